The molecule has 0 spiro atoms. The highest BCUT2D eigenvalue weighted by atomic mass is 35.5. The molecule has 0 atom stereocenters. The molecule has 0 saturated carbocycles. The Kier molecular flexibility index (Phi) is 4.95. The highest BCUT2D eigenvalue weighted by molar-refractivity contribution is 6.39. The number of ketones is 1. The average molecular weight is 394 g/mol. The van der Waals surface area contributed by atoms with Gasteiger partial charge in [0.1, 0.15) is 22.8 Å². The molecule has 0 N–H and O–H groups in total. The molecule has 7 heteroatoms. The lowest BCUT2D eigenvalue weighted by Gasteiger charge is -2.27. The van der Waals surface area contributed by atoms with E-state index in [4.69, 9.17) is 32.5 Å². The van der Waals surface area contributed by atoms with Crippen molar-refractivity contribution in [3.8, 4) is 11.3 Å². The van der Waals surface area contributed by atoms with Crippen LogP contribution in [0.1, 0.15) is 42.8 Å². The number of carbonyl (C=O) groups excluding carboxylic acids is 2. The predicted octanol–water partition coefficient (Wildman–Crippen LogP) is 5.39. The Morgan fingerprint density at radius 1 is 1.23 bits per heavy atom. The number of hydrogen-bond acceptors (Lipinski definition) is 5. The van der Waals surface area contributed by atoms with E-state index in [0.29, 0.717) is 34.2 Å². The summed E-state index contributed by atoms with van der Waals surface area (Å²) >= 11 is 12.4. The van der Waals surface area contributed by atoms with Crippen LogP contribution >= 0.6 is 23.2 Å². The second-order valence-electron chi connectivity index (χ2n) is 7.04. The zero-order chi connectivity index (χ0) is 19.1. The Bertz CT molecular complexity index is 907. The van der Waals surface area contributed by atoms with Crippen molar-refractivity contribution in [1.82, 2.24) is 5.16 Å². The van der Waals surface area contributed by atoms with E-state index >= 15 is 0 Å². The Balaban J connectivity index is 1.97. The fourth-order valence-corrected chi connectivity index (χ4v) is 3.61. The summed E-state index contributed by atoms with van der Waals surface area (Å²) in [6.45, 7) is 5.50. The van der Waals surface area contributed by atoms with Gasteiger partial charge in [-0.25, -0.2) is 4.79 Å². The average Bonchev–Trinajstić information content (AvgIpc) is 2.86. The van der Waals surface area contributed by atoms with Crippen LogP contribution in [0.4, 0.5) is 0 Å². The Morgan fingerprint density at radius 2 is 1.88 bits per heavy atom. The van der Waals surface area contributed by atoms with Gasteiger partial charge in [0.2, 0.25) is 0 Å². The molecule has 1 aliphatic rings. The number of aromatic nitrogens is 1. The third-order valence-electron chi connectivity index (χ3n) is 4.12. The van der Waals surface area contributed by atoms with Crippen LogP contribution in [0, 0.1) is 12.3 Å². The second kappa shape index (κ2) is 6.89. The van der Waals surface area contributed by atoms with Crippen molar-refractivity contribution in [3.63, 3.8) is 0 Å². The minimum atomic E-state index is -0.661. The van der Waals surface area contributed by atoms with Gasteiger partial charge in [-0.15, -0.1) is 0 Å². The van der Waals surface area contributed by atoms with Gasteiger partial charge in [-0.05, 0) is 24.5 Å². The number of nitrogens with zero attached hydrogens (tertiary/aromatic N) is 1. The van der Waals surface area contributed by atoms with Crippen LogP contribution in [-0.2, 0) is 9.53 Å². The van der Waals surface area contributed by atoms with E-state index in [-0.39, 0.29) is 28.2 Å². The minimum Gasteiger partial charge on any atom is -0.427 e. The summed E-state index contributed by atoms with van der Waals surface area (Å²) < 4.78 is 10.7. The maximum Gasteiger partial charge on any atom is 0.349 e. The molecule has 1 heterocycles. The minimum absolute atomic E-state index is 0.0690. The van der Waals surface area contributed by atoms with Gasteiger partial charge < -0.3 is 9.26 Å². The van der Waals surface area contributed by atoms with Gasteiger partial charge in [-0.1, -0.05) is 48.3 Å². The molecule has 26 heavy (non-hydrogen) atoms. The van der Waals surface area contributed by atoms with Crippen molar-refractivity contribution in [1.29, 1.82) is 0 Å². The zero-order valence-electron chi connectivity index (χ0n) is 14.6. The Labute approximate surface area is 160 Å². The van der Waals surface area contributed by atoms with Gasteiger partial charge >= 0.3 is 5.97 Å². The standard InChI is InChI=1S/C19H17Cl2NO4/c1-10-15(17(22-26-10)16-13(20)5-4-6-14(16)21)18(24)25-12-7-11(23)8-19(2,3)9-12/h4-7H,8-9H2,1-3H3. The van der Waals surface area contributed by atoms with Crippen LogP contribution in [0.3, 0.4) is 0 Å². The van der Waals surface area contributed by atoms with E-state index in [1.54, 1.807) is 25.1 Å². The summed E-state index contributed by atoms with van der Waals surface area (Å²) in [7, 11) is 0. The van der Waals surface area contributed by atoms with Crippen LogP contribution in [-0.4, -0.2) is 16.9 Å². The Hall–Kier alpha value is -2.11. The molecule has 136 valence electrons. The third-order valence-corrected chi connectivity index (χ3v) is 4.75. The summed E-state index contributed by atoms with van der Waals surface area (Å²) in [6.07, 6.45) is 2.27. The third kappa shape index (κ3) is 3.69. The van der Waals surface area contributed by atoms with Crippen LogP contribution in [0.5, 0.6) is 0 Å². The fourth-order valence-electron chi connectivity index (χ4n) is 3.03. The normalized spacial score (nSPS) is 16.3. The van der Waals surface area contributed by atoms with Crippen molar-refractivity contribution in [3.05, 3.63) is 51.4 Å². The number of hydrogen-bond donors (Lipinski definition) is 0. The van der Waals surface area contributed by atoms with Gasteiger partial charge in [0.05, 0.1) is 10.0 Å². The fraction of sp³-hybridized carbons (Fsp3) is 0.316. The molecule has 1 aromatic carbocycles. The Morgan fingerprint density at radius 3 is 2.50 bits per heavy atom. The quantitative estimate of drug-likeness (QED) is 0.653. The van der Waals surface area contributed by atoms with Crippen LogP contribution < -0.4 is 0 Å². The number of allylic oxidation sites excluding steroid dienone is 2. The molecule has 0 unspecified atom stereocenters. The van der Waals surface area contributed by atoms with E-state index in [0.717, 1.165) is 0 Å². The molecule has 3 rings (SSSR count). The van der Waals surface area contributed by atoms with Crippen molar-refractivity contribution < 1.29 is 18.8 Å². The van der Waals surface area contributed by atoms with Crippen molar-refractivity contribution in [2.45, 2.75) is 33.6 Å². The SMILES string of the molecule is Cc1onc(-c2c(Cl)cccc2Cl)c1C(=O)OC1=CC(=O)CC(C)(C)C1. The van der Waals surface area contributed by atoms with E-state index < -0.39 is 5.97 Å². The monoisotopic (exact) mass is 393 g/mol. The van der Waals surface area contributed by atoms with Gasteiger partial charge in [0.25, 0.3) is 0 Å². The van der Waals surface area contributed by atoms with E-state index in [2.05, 4.69) is 5.16 Å². The zero-order valence-corrected chi connectivity index (χ0v) is 16.1. The molecule has 2 aromatic rings. The first kappa shape index (κ1) is 18.7. The molecule has 0 radical (unpaired) electrons. The molecule has 0 saturated heterocycles. The summed E-state index contributed by atoms with van der Waals surface area (Å²) in [4.78, 5) is 24.6. The van der Waals surface area contributed by atoms with E-state index in [1.807, 2.05) is 13.8 Å². The summed E-state index contributed by atoms with van der Waals surface area (Å²) in [5, 5.41) is 4.62. The van der Waals surface area contributed by atoms with Gasteiger partial charge in [0.15, 0.2) is 5.78 Å². The summed E-state index contributed by atoms with van der Waals surface area (Å²) in [5.74, 6) is -0.122. The van der Waals surface area contributed by atoms with Gasteiger partial charge in [0, 0.05) is 24.5 Å². The largest absolute Gasteiger partial charge is 0.427 e. The molecule has 5 nitrogen and oxygen atoms in total. The first-order valence-corrected chi connectivity index (χ1v) is 8.80. The molecule has 1 aromatic heterocycles. The lowest BCUT2D eigenvalue weighted by atomic mass is 9.79. The van der Waals surface area contributed by atoms with Gasteiger partial charge in [-0.3, -0.25) is 4.79 Å². The maximum atomic E-state index is 12.8. The van der Waals surface area contributed by atoms with Crippen molar-refractivity contribution in [2.75, 3.05) is 0 Å². The van der Waals surface area contributed by atoms with E-state index in [1.165, 1.54) is 6.08 Å². The smallest absolute Gasteiger partial charge is 0.349 e. The topological polar surface area (TPSA) is 69.4 Å². The highest BCUT2D eigenvalue weighted by Gasteiger charge is 2.32. The molecule has 0 bridgehead atoms. The summed E-state index contributed by atoms with van der Waals surface area (Å²) in [6, 6.07) is 4.99. The number of ether oxygens (including phenoxy) is 1. The summed E-state index contributed by atoms with van der Waals surface area (Å²) in [5.41, 5.74) is 0.482. The molecule has 0 fully saturated rings. The van der Waals surface area contributed by atoms with Crippen LogP contribution in [0.15, 0.2) is 34.6 Å². The first-order valence-electron chi connectivity index (χ1n) is 8.04. The molecular weight excluding hydrogens is 377 g/mol. The number of benzene rings is 1. The predicted molar refractivity (Wildman–Crippen MR) is 98.2 cm³/mol. The van der Waals surface area contributed by atoms with Crippen molar-refractivity contribution >= 4 is 35.0 Å². The lowest BCUT2D eigenvalue weighted by molar-refractivity contribution is -0.117. The molecular formula is C19H17Cl2NO4. The molecule has 0 amide bonds. The number of halogens is 2. The maximum absolute atomic E-state index is 12.8. The number of esters is 1. The lowest BCUT2D eigenvalue weighted by Crippen LogP contribution is -2.24. The van der Waals surface area contributed by atoms with E-state index in [9.17, 15) is 9.59 Å². The van der Waals surface area contributed by atoms with Crippen LogP contribution in [0.2, 0.25) is 10.0 Å². The highest BCUT2D eigenvalue weighted by Crippen LogP contribution is 2.38. The molecule has 1 aliphatic carbocycles. The number of carbonyl (C=O) groups is 2. The number of aryl methyl sites for hydroxylation is 1. The number of rotatable bonds is 3. The van der Waals surface area contributed by atoms with Crippen LogP contribution in [0.25, 0.3) is 11.3 Å². The van der Waals surface area contributed by atoms with Crippen molar-refractivity contribution in [2.24, 2.45) is 5.41 Å². The first-order chi connectivity index (χ1) is 12.2. The van der Waals surface area contributed by atoms with Gasteiger partial charge in [-0.2, -0.15) is 0 Å². The molecule has 0 aliphatic heterocycles. The second-order valence-corrected chi connectivity index (χ2v) is 7.86.